The largest absolute Gasteiger partial charge is 0.465 e. The SMILES string of the molecule is CN1C2CCC1[C@@H](C(=O)OCCc1ccc(N=[N+]=[N-])c(I)c1)[C@@H](OC(c1ccc(F)cc1)c1ccc(F)cc1)C2. The minimum absolute atomic E-state index is 0.0117. The van der Waals surface area contributed by atoms with Crippen molar-refractivity contribution < 1.29 is 23.0 Å². The number of hydrogen-bond acceptors (Lipinski definition) is 5. The van der Waals surface area contributed by atoms with Gasteiger partial charge in [0.1, 0.15) is 17.7 Å². The van der Waals surface area contributed by atoms with E-state index in [-0.39, 0.29) is 36.3 Å². The summed E-state index contributed by atoms with van der Waals surface area (Å²) in [7, 11) is 2.05. The lowest BCUT2D eigenvalue weighted by Gasteiger charge is -2.42. The summed E-state index contributed by atoms with van der Waals surface area (Å²) in [5.74, 6) is -1.52. The van der Waals surface area contributed by atoms with E-state index in [1.54, 1.807) is 30.3 Å². The fourth-order valence-corrected chi connectivity index (χ4v) is 6.56. The Balaban J connectivity index is 1.34. The van der Waals surface area contributed by atoms with Crippen molar-refractivity contribution in [1.82, 2.24) is 4.90 Å². The number of carbonyl (C=O) groups excluding carboxylic acids is 1. The van der Waals surface area contributed by atoms with Gasteiger partial charge in [-0.1, -0.05) is 41.5 Å². The van der Waals surface area contributed by atoms with E-state index in [2.05, 4.69) is 37.5 Å². The van der Waals surface area contributed by atoms with Gasteiger partial charge in [0.2, 0.25) is 0 Å². The van der Waals surface area contributed by atoms with Crippen LogP contribution in [0.5, 0.6) is 0 Å². The van der Waals surface area contributed by atoms with Gasteiger partial charge in [0.25, 0.3) is 0 Å². The molecule has 0 radical (unpaired) electrons. The minimum atomic E-state index is -0.596. The molecule has 40 heavy (non-hydrogen) atoms. The Hall–Kier alpha value is -3.05. The smallest absolute Gasteiger partial charge is 0.313 e. The van der Waals surface area contributed by atoms with E-state index in [9.17, 15) is 13.6 Å². The molecule has 2 aliphatic rings. The standard InChI is InChI=1S/C30H29F2IN4O3/c1-37-23-11-13-26(37)28(30(38)39-15-14-18-2-12-25(35-36-34)24(33)16-18)27(17-23)40-29(19-3-7-21(31)8-4-19)20-5-9-22(32)10-6-20/h2-10,12,16,23,26-29H,11,13-15,17H2,1H3/t23?,26?,27-,28+/m0/s1. The van der Waals surface area contributed by atoms with E-state index in [0.717, 1.165) is 33.1 Å². The Morgan fingerprint density at radius 2 is 1.73 bits per heavy atom. The maximum absolute atomic E-state index is 13.7. The monoisotopic (exact) mass is 658 g/mol. The fourth-order valence-electron chi connectivity index (χ4n) is 5.87. The summed E-state index contributed by atoms with van der Waals surface area (Å²) < 4.78 is 40.8. The van der Waals surface area contributed by atoms with Crippen LogP contribution >= 0.6 is 22.6 Å². The number of halogens is 3. The predicted molar refractivity (Wildman–Crippen MR) is 155 cm³/mol. The molecule has 0 amide bonds. The summed E-state index contributed by atoms with van der Waals surface area (Å²) >= 11 is 2.11. The minimum Gasteiger partial charge on any atom is -0.465 e. The molecule has 2 fully saturated rings. The van der Waals surface area contributed by atoms with Gasteiger partial charge in [-0.3, -0.25) is 9.69 Å². The van der Waals surface area contributed by atoms with Gasteiger partial charge in [0.15, 0.2) is 0 Å². The van der Waals surface area contributed by atoms with Crippen LogP contribution in [0.25, 0.3) is 10.4 Å². The molecular weight excluding hydrogens is 629 g/mol. The van der Waals surface area contributed by atoms with Crippen molar-refractivity contribution >= 4 is 34.2 Å². The lowest BCUT2D eigenvalue weighted by molar-refractivity contribution is -0.164. The molecule has 10 heteroatoms. The first-order chi connectivity index (χ1) is 19.3. The van der Waals surface area contributed by atoms with Gasteiger partial charge >= 0.3 is 5.97 Å². The van der Waals surface area contributed by atoms with E-state index in [0.29, 0.717) is 18.5 Å². The molecule has 0 N–H and O–H groups in total. The molecule has 0 aliphatic carbocycles. The van der Waals surface area contributed by atoms with Gasteiger partial charge in [-0.15, -0.1) is 0 Å². The van der Waals surface area contributed by atoms with Gasteiger partial charge in [-0.05, 0) is 101 Å². The first-order valence-corrected chi connectivity index (χ1v) is 14.3. The van der Waals surface area contributed by atoms with Crippen molar-refractivity contribution in [3.8, 4) is 0 Å². The number of benzene rings is 3. The summed E-state index contributed by atoms with van der Waals surface area (Å²) in [6.07, 6.45) is 2.00. The van der Waals surface area contributed by atoms with Crippen molar-refractivity contribution in [2.24, 2.45) is 11.0 Å². The van der Waals surface area contributed by atoms with Gasteiger partial charge < -0.3 is 9.47 Å². The number of rotatable bonds is 9. The van der Waals surface area contributed by atoms with Crippen molar-refractivity contribution in [1.29, 1.82) is 0 Å². The molecule has 0 aromatic heterocycles. The molecule has 7 nitrogen and oxygen atoms in total. The normalized spacial score (nSPS) is 22.2. The average Bonchev–Trinajstić information content (AvgIpc) is 3.17. The highest BCUT2D eigenvalue weighted by molar-refractivity contribution is 14.1. The lowest BCUT2D eigenvalue weighted by atomic mass is 9.87. The number of esters is 1. The third-order valence-electron chi connectivity index (χ3n) is 7.94. The molecular formula is C30H29F2IN4O3. The van der Waals surface area contributed by atoms with E-state index in [4.69, 9.17) is 15.0 Å². The summed E-state index contributed by atoms with van der Waals surface area (Å²) in [5, 5.41) is 3.66. The molecule has 5 rings (SSSR count). The second-order valence-electron chi connectivity index (χ2n) is 10.3. The molecule has 2 aliphatic heterocycles. The lowest BCUT2D eigenvalue weighted by Crippen LogP contribution is -2.53. The van der Waals surface area contributed by atoms with E-state index >= 15 is 0 Å². The van der Waals surface area contributed by atoms with Crippen molar-refractivity contribution in [3.05, 3.63) is 109 Å². The Labute approximate surface area is 245 Å². The van der Waals surface area contributed by atoms with Crippen molar-refractivity contribution in [2.45, 2.75) is 50.0 Å². The van der Waals surface area contributed by atoms with E-state index in [1.807, 2.05) is 19.2 Å². The van der Waals surface area contributed by atoms with Gasteiger partial charge in [0, 0.05) is 27.0 Å². The molecule has 4 atom stereocenters. The highest BCUT2D eigenvalue weighted by Crippen LogP contribution is 2.42. The molecule has 2 bridgehead atoms. The second kappa shape index (κ2) is 12.6. The van der Waals surface area contributed by atoms with Crippen LogP contribution in [0.2, 0.25) is 0 Å². The van der Waals surface area contributed by atoms with Crippen LogP contribution in [0.1, 0.15) is 42.1 Å². The summed E-state index contributed by atoms with van der Waals surface area (Å²) in [6.45, 7) is 0.207. The topological polar surface area (TPSA) is 87.5 Å². The second-order valence-corrected chi connectivity index (χ2v) is 11.4. The van der Waals surface area contributed by atoms with Crippen molar-refractivity contribution in [3.63, 3.8) is 0 Å². The molecule has 0 spiro atoms. The van der Waals surface area contributed by atoms with Crippen LogP contribution in [0.3, 0.4) is 0 Å². The average molecular weight is 658 g/mol. The molecule has 3 aromatic rings. The first kappa shape index (κ1) is 28.5. The molecule has 0 saturated carbocycles. The third kappa shape index (κ3) is 6.30. The van der Waals surface area contributed by atoms with Gasteiger partial charge in [0.05, 0.1) is 24.3 Å². The zero-order valence-electron chi connectivity index (χ0n) is 21.9. The maximum atomic E-state index is 13.7. The molecule has 2 heterocycles. The number of hydrogen-bond donors (Lipinski definition) is 0. The van der Waals surface area contributed by atoms with Gasteiger partial charge in [-0.2, -0.15) is 0 Å². The van der Waals surface area contributed by atoms with Crippen molar-refractivity contribution in [2.75, 3.05) is 13.7 Å². The number of fused-ring (bicyclic) bond motifs is 2. The number of piperidine rings is 1. The summed E-state index contributed by atoms with van der Waals surface area (Å²) in [5.41, 5.74) is 11.7. The molecule has 208 valence electrons. The summed E-state index contributed by atoms with van der Waals surface area (Å²) in [6, 6.07) is 17.9. The highest BCUT2D eigenvalue weighted by atomic mass is 127. The van der Waals surface area contributed by atoms with Crippen LogP contribution in [0.15, 0.2) is 71.8 Å². The Morgan fingerprint density at radius 1 is 1.07 bits per heavy atom. The first-order valence-electron chi connectivity index (χ1n) is 13.2. The van der Waals surface area contributed by atoms with Crippen LogP contribution in [-0.2, 0) is 20.7 Å². The van der Waals surface area contributed by atoms with Crippen LogP contribution in [0, 0.1) is 21.1 Å². The van der Waals surface area contributed by atoms with Gasteiger partial charge in [-0.25, -0.2) is 8.78 Å². The highest BCUT2D eigenvalue weighted by Gasteiger charge is 2.50. The van der Waals surface area contributed by atoms with Crippen LogP contribution in [0.4, 0.5) is 14.5 Å². The number of ether oxygens (including phenoxy) is 2. The quantitative estimate of drug-likeness (QED) is 0.0797. The molecule has 2 saturated heterocycles. The Kier molecular flexibility index (Phi) is 9.00. The third-order valence-corrected chi connectivity index (χ3v) is 8.81. The molecule has 3 aromatic carbocycles. The zero-order chi connectivity index (χ0) is 28.2. The number of carbonyl (C=O) groups is 1. The summed E-state index contributed by atoms with van der Waals surface area (Å²) in [4.78, 5) is 18.7. The maximum Gasteiger partial charge on any atom is 0.313 e. The predicted octanol–water partition coefficient (Wildman–Crippen LogP) is 7.25. The van der Waals surface area contributed by atoms with Crippen LogP contribution < -0.4 is 0 Å². The van der Waals surface area contributed by atoms with E-state index < -0.39 is 18.1 Å². The zero-order valence-corrected chi connectivity index (χ0v) is 24.1. The number of nitrogens with zero attached hydrogens (tertiary/aromatic N) is 4. The Bertz CT molecular complexity index is 1350. The van der Waals surface area contributed by atoms with Crippen LogP contribution in [-0.4, -0.2) is 42.7 Å². The molecule has 2 unspecified atom stereocenters. The Morgan fingerprint density at radius 3 is 2.33 bits per heavy atom. The fraction of sp³-hybridized carbons (Fsp3) is 0.367. The number of azide groups is 1. The van der Waals surface area contributed by atoms with E-state index in [1.165, 1.54) is 24.3 Å².